The second-order valence-corrected chi connectivity index (χ2v) is 19.5. The predicted molar refractivity (Wildman–Crippen MR) is 243 cm³/mol. The molecule has 0 aromatic heterocycles. The first kappa shape index (κ1) is 54.4. The van der Waals surface area contributed by atoms with E-state index in [9.17, 15) is 14.4 Å². The van der Waals surface area contributed by atoms with Crippen LogP contribution >= 0.6 is 0 Å². The van der Waals surface area contributed by atoms with Gasteiger partial charge in [-0.2, -0.15) is 0 Å². The van der Waals surface area contributed by atoms with Crippen molar-refractivity contribution >= 4 is 17.9 Å². The highest BCUT2D eigenvalue weighted by Crippen LogP contribution is 2.48. The van der Waals surface area contributed by atoms with E-state index in [1.807, 2.05) is 74.4 Å². The molecule has 2 N–H and O–H groups in total. The number of carbonyl (C=O) groups is 3. The number of carbonyl (C=O) groups excluding carboxylic acids is 3. The maximum Gasteiger partial charge on any atom is 0.316 e. The van der Waals surface area contributed by atoms with Gasteiger partial charge in [0.1, 0.15) is 28.5 Å². The largest absolute Gasteiger partial charge is 0.508 e. The average molecular weight is 841 g/mol. The van der Waals surface area contributed by atoms with E-state index >= 15 is 0 Å². The van der Waals surface area contributed by atoms with Crippen molar-refractivity contribution in [2.24, 2.45) is 21.7 Å². The van der Waals surface area contributed by atoms with Gasteiger partial charge in [0, 0.05) is 12.5 Å². The van der Waals surface area contributed by atoms with Crippen molar-refractivity contribution in [1.82, 2.24) is 0 Å². The van der Waals surface area contributed by atoms with Crippen molar-refractivity contribution in [3.05, 3.63) is 54.1 Å². The van der Waals surface area contributed by atoms with Gasteiger partial charge in [-0.25, -0.2) is 0 Å². The minimum atomic E-state index is -0.474. The number of benzene rings is 2. The van der Waals surface area contributed by atoms with Gasteiger partial charge in [-0.05, 0) is 173 Å². The predicted octanol–water partition coefficient (Wildman–Crippen LogP) is 13.3. The summed E-state index contributed by atoms with van der Waals surface area (Å²) in [6.07, 6.45) is 13.1. The molecular weight excluding hydrogens is 757 g/mol. The van der Waals surface area contributed by atoms with Crippen molar-refractivity contribution in [2.75, 3.05) is 13.7 Å². The lowest BCUT2D eigenvalue weighted by Gasteiger charge is -2.44. The number of phenolic OH excluding ortho intramolecular Hbond substituents is 2. The Labute approximate surface area is 364 Å². The number of ether oxygens (including phenoxy) is 4. The van der Waals surface area contributed by atoms with E-state index in [4.69, 9.17) is 29.2 Å². The Morgan fingerprint density at radius 3 is 1.42 bits per heavy atom. The summed E-state index contributed by atoms with van der Waals surface area (Å²) in [6, 6.07) is 13.5. The zero-order valence-corrected chi connectivity index (χ0v) is 40.3. The molecule has 0 aliphatic heterocycles. The molecule has 0 amide bonds. The summed E-state index contributed by atoms with van der Waals surface area (Å²) in [7, 11) is 1.71. The molecule has 1 unspecified atom stereocenters. The van der Waals surface area contributed by atoms with Crippen LogP contribution in [0.4, 0.5) is 0 Å². The number of esters is 3. The van der Waals surface area contributed by atoms with Gasteiger partial charge < -0.3 is 29.2 Å². The Hall–Kier alpha value is -3.59. The molecule has 2 aliphatic carbocycles. The Bertz CT molecular complexity index is 1560. The highest BCUT2D eigenvalue weighted by atomic mass is 16.6. The number of rotatable bonds is 15. The Morgan fingerprint density at radius 1 is 0.617 bits per heavy atom. The van der Waals surface area contributed by atoms with Gasteiger partial charge in [0.25, 0.3) is 0 Å². The molecule has 60 heavy (non-hydrogen) atoms. The Balaban J connectivity index is 0.000000406. The second kappa shape index (κ2) is 24.2. The van der Waals surface area contributed by atoms with Gasteiger partial charge in [-0.1, -0.05) is 67.5 Å². The summed E-state index contributed by atoms with van der Waals surface area (Å²) in [4.78, 5) is 36.1. The lowest BCUT2D eigenvalue weighted by atomic mass is 9.73. The number of methoxy groups -OCH3 is 1. The third kappa shape index (κ3) is 16.4. The van der Waals surface area contributed by atoms with Crippen molar-refractivity contribution < 1.29 is 43.5 Å². The van der Waals surface area contributed by atoms with E-state index in [0.717, 1.165) is 70.6 Å². The molecule has 342 valence electrons. The molecule has 0 saturated heterocycles. The molecule has 2 aromatic carbocycles. The van der Waals surface area contributed by atoms with Crippen molar-refractivity contribution in [3.63, 3.8) is 0 Å². The van der Waals surface area contributed by atoms with Crippen LogP contribution in [0.1, 0.15) is 192 Å². The van der Waals surface area contributed by atoms with Crippen LogP contribution in [0.3, 0.4) is 0 Å². The molecule has 2 aliphatic rings. The van der Waals surface area contributed by atoms with E-state index in [1.54, 1.807) is 31.4 Å². The molecule has 4 rings (SSSR count). The quantitative estimate of drug-likeness (QED) is 0.133. The SMILES string of the molecule is CCC(C)(C)C(=O)OC1(C(C)(C)COC)CCCC1.CCC(C)(C)C(=O)Oc1ccc(O)cc1.CCC(C)c1ccc(O)cc1.CCC1(OC(=O)C(C)(C)CC)CCCC1. The monoisotopic (exact) mass is 841 g/mol. The normalized spacial score (nSPS) is 16.4. The number of phenols is 2. The zero-order chi connectivity index (χ0) is 46.0. The van der Waals surface area contributed by atoms with Crippen LogP contribution in [0.5, 0.6) is 17.2 Å². The molecule has 0 radical (unpaired) electrons. The van der Waals surface area contributed by atoms with E-state index < -0.39 is 10.8 Å². The lowest BCUT2D eigenvalue weighted by molar-refractivity contribution is -0.189. The average Bonchev–Trinajstić information content (AvgIpc) is 3.91. The lowest BCUT2D eigenvalue weighted by Crippen LogP contribution is -2.50. The summed E-state index contributed by atoms with van der Waals surface area (Å²) >= 11 is 0. The Morgan fingerprint density at radius 2 is 1.02 bits per heavy atom. The van der Waals surface area contributed by atoms with Crippen molar-refractivity contribution in [1.29, 1.82) is 0 Å². The van der Waals surface area contributed by atoms with Gasteiger partial charge >= 0.3 is 17.9 Å². The van der Waals surface area contributed by atoms with E-state index in [-0.39, 0.29) is 45.7 Å². The van der Waals surface area contributed by atoms with Gasteiger partial charge in [-0.15, -0.1) is 0 Å². The fourth-order valence-corrected chi connectivity index (χ4v) is 6.78. The molecule has 2 aromatic rings. The summed E-state index contributed by atoms with van der Waals surface area (Å²) in [6.45, 7) is 28.9. The Kier molecular flexibility index (Phi) is 21.9. The smallest absolute Gasteiger partial charge is 0.316 e. The molecule has 0 bridgehead atoms. The third-order valence-electron chi connectivity index (χ3n) is 13.3. The van der Waals surface area contributed by atoms with E-state index in [0.29, 0.717) is 24.0 Å². The summed E-state index contributed by atoms with van der Waals surface area (Å²) in [5.74, 6) is 1.21. The van der Waals surface area contributed by atoms with Crippen LogP contribution in [-0.2, 0) is 28.6 Å². The highest BCUT2D eigenvalue weighted by Gasteiger charge is 2.51. The zero-order valence-electron chi connectivity index (χ0n) is 40.3. The first-order valence-electron chi connectivity index (χ1n) is 22.6. The molecular formula is C51H84O9. The van der Waals surface area contributed by atoms with Crippen molar-refractivity contribution in [3.8, 4) is 17.2 Å². The topological polar surface area (TPSA) is 129 Å². The van der Waals surface area contributed by atoms with E-state index in [2.05, 4.69) is 34.6 Å². The summed E-state index contributed by atoms with van der Waals surface area (Å²) in [5, 5.41) is 18.1. The molecule has 2 saturated carbocycles. The van der Waals surface area contributed by atoms with Gasteiger partial charge in [-0.3, -0.25) is 14.4 Å². The molecule has 0 heterocycles. The number of hydrogen-bond donors (Lipinski definition) is 2. The van der Waals surface area contributed by atoms with Crippen LogP contribution in [0.2, 0.25) is 0 Å². The fourth-order valence-electron chi connectivity index (χ4n) is 6.78. The molecule has 9 nitrogen and oxygen atoms in total. The number of aromatic hydroxyl groups is 2. The van der Waals surface area contributed by atoms with Crippen LogP contribution in [-0.4, -0.2) is 53.0 Å². The van der Waals surface area contributed by atoms with Crippen LogP contribution in [0.25, 0.3) is 0 Å². The van der Waals surface area contributed by atoms with Crippen LogP contribution in [0.15, 0.2) is 48.5 Å². The van der Waals surface area contributed by atoms with Crippen LogP contribution < -0.4 is 4.74 Å². The van der Waals surface area contributed by atoms with E-state index in [1.165, 1.54) is 30.5 Å². The number of hydrogen-bond acceptors (Lipinski definition) is 9. The van der Waals surface area contributed by atoms with Crippen LogP contribution in [0, 0.1) is 21.7 Å². The maximum absolute atomic E-state index is 12.4. The molecule has 9 heteroatoms. The first-order valence-corrected chi connectivity index (χ1v) is 22.6. The third-order valence-corrected chi connectivity index (χ3v) is 13.3. The minimum Gasteiger partial charge on any atom is -0.508 e. The summed E-state index contributed by atoms with van der Waals surface area (Å²) in [5.41, 5.74) is -0.542. The van der Waals surface area contributed by atoms with Crippen molar-refractivity contribution in [2.45, 2.75) is 198 Å². The minimum absolute atomic E-state index is 0.0197. The highest BCUT2D eigenvalue weighted by molar-refractivity contribution is 5.78. The summed E-state index contributed by atoms with van der Waals surface area (Å²) < 4.78 is 22.3. The molecule has 1 atom stereocenters. The second-order valence-electron chi connectivity index (χ2n) is 19.5. The fraction of sp³-hybridized carbons (Fsp3) is 0.706. The molecule has 2 fully saturated rings. The first-order chi connectivity index (χ1) is 27.9. The van der Waals surface area contributed by atoms with Gasteiger partial charge in [0.2, 0.25) is 0 Å². The standard InChI is InChI=1S/C16H30O3.C13H24O2.C12H16O3.C10H14O/c1-7-14(2,3)13(17)19-16(10-8-9-11-16)15(4,5)12-18-6;1-5-12(3,4)11(14)15-13(6-2)9-7-8-10-13;1-4-12(2,3)11(14)15-10-7-5-9(13)6-8-10;1-3-8(2)9-4-6-10(11)7-5-9/h7-12H2,1-6H3;5-10H2,1-4H3;5-8,13H,4H2,1-3H3;4-8,11H,3H2,1-2H3. The molecule has 0 spiro atoms. The van der Waals surface area contributed by atoms with Gasteiger partial charge in [0.05, 0.1) is 22.9 Å². The maximum atomic E-state index is 12.4. The van der Waals surface area contributed by atoms with Gasteiger partial charge in [0.15, 0.2) is 0 Å².